The van der Waals surface area contributed by atoms with Gasteiger partial charge in [-0.15, -0.1) is 0 Å². The van der Waals surface area contributed by atoms with Crippen LogP contribution in [0, 0.1) is 0 Å². The number of carbonyl (C=O) groups excluding carboxylic acids is 3. The number of benzene rings is 3. The van der Waals surface area contributed by atoms with Gasteiger partial charge in [0.15, 0.2) is 64.5 Å². The van der Waals surface area contributed by atoms with Crippen LogP contribution in [0.5, 0.6) is 46.0 Å². The number of aliphatic hydroxyl groups is 2. The van der Waals surface area contributed by atoms with Gasteiger partial charge in [0.05, 0.1) is 11.1 Å². The van der Waals surface area contributed by atoms with E-state index in [9.17, 15) is 65.4 Å². The molecular formula is C29H26O17. The highest BCUT2D eigenvalue weighted by Gasteiger charge is 2.50. The van der Waals surface area contributed by atoms with E-state index >= 15 is 0 Å². The Bertz CT molecular complexity index is 1640. The third-order valence-corrected chi connectivity index (χ3v) is 6.53. The average Bonchev–Trinajstić information content (AvgIpc) is 3.01. The number of rotatable bonds is 8. The summed E-state index contributed by atoms with van der Waals surface area (Å²) in [6.45, 7) is -0.813. The molecule has 1 aliphatic rings. The second-order valence-corrected chi connectivity index (χ2v) is 9.73. The van der Waals surface area contributed by atoms with Crippen molar-refractivity contribution in [2.24, 2.45) is 0 Å². The second-order valence-electron chi connectivity index (χ2n) is 9.73. The molecule has 0 bridgehead atoms. The average molecular weight is 647 g/mol. The van der Waals surface area contributed by atoms with Crippen molar-refractivity contribution in [3.63, 3.8) is 0 Å². The van der Waals surface area contributed by atoms with E-state index in [2.05, 4.69) is 0 Å². The minimum atomic E-state index is -2.13. The molecule has 4 rings (SSSR count). The molecule has 1 saturated heterocycles. The summed E-state index contributed by atoms with van der Waals surface area (Å²) in [7, 11) is 0. The lowest BCUT2D eigenvalue weighted by Gasteiger charge is -2.41. The molecule has 0 saturated carbocycles. The van der Waals surface area contributed by atoms with Crippen LogP contribution in [0.3, 0.4) is 0 Å². The highest BCUT2D eigenvalue weighted by Crippen LogP contribution is 2.38. The van der Waals surface area contributed by atoms with Crippen LogP contribution in [-0.2, 0) is 23.7 Å². The van der Waals surface area contributed by atoms with Gasteiger partial charge in [-0.1, -0.05) is 6.07 Å². The topological polar surface area (TPSA) is 290 Å². The van der Waals surface area contributed by atoms with Gasteiger partial charge in [0, 0.05) is 6.08 Å². The number of phenolic OH excluding ortho intramolecular Hbond substituents is 8. The van der Waals surface area contributed by atoms with Crippen molar-refractivity contribution in [2.45, 2.75) is 30.7 Å². The molecule has 17 nitrogen and oxygen atoms in total. The molecular weight excluding hydrogens is 620 g/mol. The zero-order chi connectivity index (χ0) is 33.9. The molecule has 0 radical (unpaired) electrons. The summed E-state index contributed by atoms with van der Waals surface area (Å²) in [5.41, 5.74) is -0.833. The van der Waals surface area contributed by atoms with E-state index in [1.165, 1.54) is 12.1 Å². The van der Waals surface area contributed by atoms with Crippen LogP contribution >= 0.6 is 0 Å². The largest absolute Gasteiger partial charge is 0.504 e. The maximum absolute atomic E-state index is 13.0. The summed E-state index contributed by atoms with van der Waals surface area (Å²) in [4.78, 5) is 38.4. The fraction of sp³-hybridized carbons (Fsp3) is 0.207. The molecule has 0 unspecified atom stereocenters. The van der Waals surface area contributed by atoms with Gasteiger partial charge in [-0.25, -0.2) is 14.4 Å². The second kappa shape index (κ2) is 13.4. The number of aliphatic hydroxyl groups excluding tert-OH is 2. The van der Waals surface area contributed by atoms with E-state index in [-0.39, 0.29) is 5.56 Å². The van der Waals surface area contributed by atoms with E-state index in [1.807, 2.05) is 0 Å². The lowest BCUT2D eigenvalue weighted by atomic mass is 9.98. The third-order valence-electron chi connectivity index (χ3n) is 6.53. The zero-order valence-electron chi connectivity index (χ0n) is 23.1. The fourth-order valence-corrected chi connectivity index (χ4v) is 4.17. The molecule has 3 aromatic carbocycles. The molecule has 0 amide bonds. The highest BCUT2D eigenvalue weighted by molar-refractivity contribution is 5.92. The number of esters is 3. The van der Waals surface area contributed by atoms with Crippen LogP contribution in [0.1, 0.15) is 26.3 Å². The minimum Gasteiger partial charge on any atom is -0.504 e. The van der Waals surface area contributed by atoms with Crippen molar-refractivity contribution in [2.75, 3.05) is 6.61 Å². The number of hydrogen-bond acceptors (Lipinski definition) is 17. The highest BCUT2D eigenvalue weighted by atomic mass is 16.7. The molecule has 0 aromatic heterocycles. The first-order valence-electron chi connectivity index (χ1n) is 13.0. The molecule has 46 heavy (non-hydrogen) atoms. The molecule has 1 heterocycles. The Hall–Kier alpha value is -5.91. The Kier molecular flexibility index (Phi) is 9.60. The lowest BCUT2D eigenvalue weighted by molar-refractivity contribution is -0.285. The van der Waals surface area contributed by atoms with Crippen LogP contribution in [0.15, 0.2) is 48.5 Å². The van der Waals surface area contributed by atoms with Crippen LogP contribution in [0.4, 0.5) is 0 Å². The number of carbonyl (C=O) groups is 3. The number of ether oxygens (including phenoxy) is 4. The van der Waals surface area contributed by atoms with Crippen molar-refractivity contribution in [1.82, 2.24) is 0 Å². The third kappa shape index (κ3) is 7.24. The lowest BCUT2D eigenvalue weighted by Crippen LogP contribution is -2.61. The van der Waals surface area contributed by atoms with Crippen LogP contribution in [0.25, 0.3) is 6.08 Å². The minimum absolute atomic E-state index is 0.283. The van der Waals surface area contributed by atoms with Gasteiger partial charge in [0.2, 0.25) is 0 Å². The normalized spacial score (nSPS) is 21.0. The van der Waals surface area contributed by atoms with Crippen molar-refractivity contribution < 1.29 is 84.4 Å². The van der Waals surface area contributed by atoms with Crippen LogP contribution in [-0.4, -0.2) is 106 Å². The van der Waals surface area contributed by atoms with Crippen molar-refractivity contribution in [1.29, 1.82) is 0 Å². The molecule has 0 spiro atoms. The first-order valence-corrected chi connectivity index (χ1v) is 13.0. The maximum atomic E-state index is 13.0. The summed E-state index contributed by atoms with van der Waals surface area (Å²) in [5, 5.41) is 98.3. The van der Waals surface area contributed by atoms with E-state index in [1.54, 1.807) is 0 Å². The van der Waals surface area contributed by atoms with E-state index in [0.717, 1.165) is 18.2 Å². The van der Waals surface area contributed by atoms with Gasteiger partial charge < -0.3 is 70.0 Å². The van der Waals surface area contributed by atoms with Crippen LogP contribution in [0.2, 0.25) is 0 Å². The fourth-order valence-electron chi connectivity index (χ4n) is 4.17. The zero-order valence-corrected chi connectivity index (χ0v) is 23.1. The van der Waals surface area contributed by atoms with E-state index < -0.39 is 112 Å². The summed E-state index contributed by atoms with van der Waals surface area (Å²) in [6.07, 6.45) is -7.72. The van der Waals surface area contributed by atoms with Crippen molar-refractivity contribution >= 4 is 24.0 Å². The Morgan fingerprint density at radius 2 is 1.17 bits per heavy atom. The quantitative estimate of drug-likeness (QED) is 0.0686. The maximum Gasteiger partial charge on any atom is 0.338 e. The molecule has 244 valence electrons. The monoisotopic (exact) mass is 646 g/mol. The molecule has 3 aromatic rings. The van der Waals surface area contributed by atoms with Gasteiger partial charge in [-0.2, -0.15) is 0 Å². The Morgan fingerprint density at radius 3 is 1.67 bits per heavy atom. The van der Waals surface area contributed by atoms with Gasteiger partial charge >= 0.3 is 17.9 Å². The van der Waals surface area contributed by atoms with Crippen LogP contribution < -0.4 is 0 Å². The first-order chi connectivity index (χ1) is 21.7. The Labute approximate surface area is 257 Å². The predicted molar refractivity (Wildman–Crippen MR) is 148 cm³/mol. The Morgan fingerprint density at radius 1 is 0.674 bits per heavy atom. The van der Waals surface area contributed by atoms with Gasteiger partial charge in [-0.05, 0) is 48.0 Å². The number of aromatic hydroxyl groups is 8. The van der Waals surface area contributed by atoms with E-state index in [4.69, 9.17) is 18.9 Å². The molecule has 10 N–H and O–H groups in total. The van der Waals surface area contributed by atoms with Gasteiger partial charge in [-0.3, -0.25) is 0 Å². The van der Waals surface area contributed by atoms with Crippen molar-refractivity contribution in [3.05, 3.63) is 65.2 Å². The standard InChI is InChI=1S/C29H26O17/c30-14-3-1-11(5-15(14)31)2-4-21(36)43-10-20-25(45-27(40)12-6-16(32)22(37)17(33)7-12)26(24(39)29(42)44-20)46-28(41)13-8-18(34)23(38)19(35)9-13/h1-9,20,24-26,29-35,37-39,42H,10H2/b4-2+/t20-,24-,25-,26-,29-/m1/s1. The number of phenols is 8. The number of hydrogen-bond donors (Lipinski definition) is 10. The molecule has 5 atom stereocenters. The summed E-state index contributed by atoms with van der Waals surface area (Å²) in [5.74, 6) is -10.2. The van der Waals surface area contributed by atoms with Crippen molar-refractivity contribution in [3.8, 4) is 46.0 Å². The smallest absolute Gasteiger partial charge is 0.338 e. The summed E-state index contributed by atoms with van der Waals surface area (Å²) >= 11 is 0. The SMILES string of the molecule is O=C(/C=C/c1ccc(O)c(O)c1)OC[C@H]1O[C@@H](O)[C@H](O)[C@@H](OC(=O)c2cc(O)c(O)c(O)c2)[C@@H]1OC(=O)c1cc(O)c(O)c(O)c1. The van der Waals surface area contributed by atoms with Gasteiger partial charge in [0.1, 0.15) is 18.8 Å². The first kappa shape index (κ1) is 33.0. The molecule has 1 aliphatic heterocycles. The summed E-state index contributed by atoms with van der Waals surface area (Å²) in [6, 6.07) is 6.47. The Balaban J connectivity index is 1.61. The summed E-state index contributed by atoms with van der Waals surface area (Å²) < 4.78 is 20.9. The molecule has 0 aliphatic carbocycles. The molecule has 1 fully saturated rings. The molecule has 17 heteroatoms. The van der Waals surface area contributed by atoms with E-state index in [0.29, 0.717) is 24.3 Å². The van der Waals surface area contributed by atoms with Gasteiger partial charge in [0.25, 0.3) is 0 Å². The predicted octanol–water partition coefficient (Wildman–Crippen LogP) is 0.417.